The van der Waals surface area contributed by atoms with Crippen LogP contribution in [0.15, 0.2) is 78.9 Å². The van der Waals surface area contributed by atoms with Crippen molar-refractivity contribution >= 4 is 23.2 Å². The number of ether oxygens (including phenoxy) is 2. The molecule has 0 atom stereocenters. The number of benzene rings is 4. The predicted octanol–water partition coefficient (Wildman–Crippen LogP) is 7.82. The molecule has 1 N–H and O–H groups in total. The first-order valence-corrected chi connectivity index (χ1v) is 12.3. The lowest BCUT2D eigenvalue weighted by Gasteiger charge is -2.19. The van der Waals surface area contributed by atoms with Gasteiger partial charge >= 0.3 is 0 Å². The van der Waals surface area contributed by atoms with E-state index in [1.807, 2.05) is 48.5 Å². The van der Waals surface area contributed by atoms with Gasteiger partial charge in [-0.25, -0.2) is 4.39 Å². The molecule has 4 nitrogen and oxygen atoms in total. The van der Waals surface area contributed by atoms with E-state index in [0.717, 1.165) is 47.3 Å². The number of phenols is 1. The van der Waals surface area contributed by atoms with Crippen molar-refractivity contribution in [3.8, 4) is 34.1 Å². The smallest absolute Gasteiger partial charge is 0.143 e. The van der Waals surface area contributed by atoms with Crippen molar-refractivity contribution in [1.29, 1.82) is 0 Å². The maximum Gasteiger partial charge on any atom is 0.143 e. The highest BCUT2D eigenvalue weighted by molar-refractivity contribution is 5.96. The Kier molecular flexibility index (Phi) is 8.68. The Labute approximate surface area is 217 Å². The molecule has 0 unspecified atom stereocenters. The molecule has 0 aliphatic carbocycles. The van der Waals surface area contributed by atoms with Crippen molar-refractivity contribution in [2.75, 3.05) is 26.2 Å². The molecule has 0 bridgehead atoms. The zero-order valence-corrected chi connectivity index (χ0v) is 21.0. The third kappa shape index (κ3) is 6.28. The van der Waals surface area contributed by atoms with Crippen LogP contribution in [-0.2, 0) is 0 Å². The van der Waals surface area contributed by atoms with Crippen molar-refractivity contribution in [2.24, 2.45) is 0 Å². The van der Waals surface area contributed by atoms with E-state index in [0.29, 0.717) is 18.1 Å². The molecule has 6 heteroatoms. The molecule has 5 rings (SSSR count). The molecule has 0 amide bonds. The maximum atomic E-state index is 14.0. The fourth-order valence-electron chi connectivity index (χ4n) is 4.66. The van der Waals surface area contributed by atoms with Crippen molar-refractivity contribution in [1.82, 2.24) is 4.90 Å². The largest absolute Gasteiger partial charge is 0.508 e. The van der Waals surface area contributed by atoms with Crippen LogP contribution in [0.5, 0.6) is 23.0 Å². The highest BCUT2D eigenvalue weighted by Crippen LogP contribution is 2.40. The van der Waals surface area contributed by atoms with Crippen LogP contribution in [0.2, 0.25) is 0 Å². The van der Waals surface area contributed by atoms with Gasteiger partial charge in [-0.15, -0.1) is 12.4 Å². The maximum absolute atomic E-state index is 14.0. The summed E-state index contributed by atoms with van der Waals surface area (Å²) in [4.78, 5) is 2.48. The van der Waals surface area contributed by atoms with Crippen LogP contribution in [0.3, 0.4) is 0 Å². The third-order valence-electron chi connectivity index (χ3n) is 6.51. The molecule has 36 heavy (non-hydrogen) atoms. The van der Waals surface area contributed by atoms with Crippen molar-refractivity contribution in [3.63, 3.8) is 0 Å². The van der Waals surface area contributed by atoms with Gasteiger partial charge in [-0.1, -0.05) is 31.0 Å². The molecule has 1 aliphatic rings. The van der Waals surface area contributed by atoms with E-state index in [-0.39, 0.29) is 24.0 Å². The second-order valence-electron chi connectivity index (χ2n) is 9.04. The minimum Gasteiger partial charge on any atom is -0.508 e. The quantitative estimate of drug-likeness (QED) is 0.277. The second kappa shape index (κ2) is 12.1. The van der Waals surface area contributed by atoms with Gasteiger partial charge in [0.25, 0.3) is 0 Å². The first kappa shape index (κ1) is 25.8. The Balaban J connectivity index is 0.00000304. The van der Waals surface area contributed by atoms with Gasteiger partial charge in [0.05, 0.1) is 0 Å². The summed E-state index contributed by atoms with van der Waals surface area (Å²) in [5, 5.41) is 11.6. The van der Waals surface area contributed by atoms with Crippen LogP contribution in [0.4, 0.5) is 4.39 Å². The minimum absolute atomic E-state index is 0. The first-order chi connectivity index (χ1) is 17.2. The number of nitrogens with zero attached hydrogens (tertiary/aromatic N) is 1. The Bertz CT molecular complexity index is 1290. The topological polar surface area (TPSA) is 41.9 Å². The summed E-state index contributed by atoms with van der Waals surface area (Å²) >= 11 is 0. The lowest BCUT2D eigenvalue weighted by Crippen LogP contribution is -2.29. The Morgan fingerprint density at radius 1 is 0.806 bits per heavy atom. The van der Waals surface area contributed by atoms with Gasteiger partial charge in [-0.05, 0) is 97.5 Å². The molecule has 1 aliphatic heterocycles. The van der Waals surface area contributed by atoms with E-state index in [2.05, 4.69) is 4.90 Å². The van der Waals surface area contributed by atoms with E-state index in [1.165, 1.54) is 37.8 Å². The molecule has 4 aromatic rings. The normalized spacial score (nSPS) is 14.1. The number of hydrogen-bond acceptors (Lipinski definition) is 4. The summed E-state index contributed by atoms with van der Waals surface area (Å²) in [5.41, 5.74) is 1.50. The molecule has 0 aromatic heterocycles. The minimum atomic E-state index is -0.305. The van der Waals surface area contributed by atoms with E-state index in [1.54, 1.807) is 18.2 Å². The van der Waals surface area contributed by atoms with Crippen LogP contribution in [0, 0.1) is 5.82 Å². The van der Waals surface area contributed by atoms with Gasteiger partial charge in [0.1, 0.15) is 35.4 Å². The van der Waals surface area contributed by atoms with Crippen LogP contribution in [0.1, 0.15) is 25.7 Å². The summed E-state index contributed by atoms with van der Waals surface area (Å²) in [6, 6.07) is 23.0. The molecule has 4 aromatic carbocycles. The molecule has 0 spiro atoms. The average Bonchev–Trinajstić information content (AvgIpc) is 3.14. The summed E-state index contributed by atoms with van der Waals surface area (Å²) < 4.78 is 26.3. The van der Waals surface area contributed by atoms with Crippen molar-refractivity contribution < 1.29 is 19.0 Å². The number of phenolic OH excluding ortho intramolecular Hbond substituents is 1. The zero-order chi connectivity index (χ0) is 24.0. The molecule has 188 valence electrons. The average molecular weight is 508 g/mol. The standard InChI is InChI=1S/C30H30FNO3.ClH/c31-24-7-5-6-22(20-24)28-14-8-23-21-25(33)9-15-29(23)30(28)35-27-12-10-26(11-13-27)34-19-18-32-16-3-1-2-4-17-32;/h5-15,20-21,33H,1-4,16-19H2;1H. The highest BCUT2D eigenvalue weighted by atomic mass is 35.5. The van der Waals surface area contributed by atoms with E-state index >= 15 is 0 Å². The van der Waals surface area contributed by atoms with Gasteiger partial charge < -0.3 is 14.6 Å². The molecular weight excluding hydrogens is 477 g/mol. The third-order valence-corrected chi connectivity index (χ3v) is 6.51. The Morgan fingerprint density at radius 2 is 1.56 bits per heavy atom. The fraction of sp³-hybridized carbons (Fsp3) is 0.267. The number of likely N-dealkylation sites (tertiary alicyclic amines) is 1. The van der Waals surface area contributed by atoms with E-state index in [4.69, 9.17) is 9.47 Å². The molecule has 1 heterocycles. The van der Waals surface area contributed by atoms with Gasteiger partial charge in [0.2, 0.25) is 0 Å². The summed E-state index contributed by atoms with van der Waals surface area (Å²) in [6.45, 7) is 3.92. The summed E-state index contributed by atoms with van der Waals surface area (Å²) in [7, 11) is 0. The highest BCUT2D eigenvalue weighted by Gasteiger charge is 2.14. The lowest BCUT2D eigenvalue weighted by molar-refractivity contribution is 0.214. The van der Waals surface area contributed by atoms with E-state index in [9.17, 15) is 9.50 Å². The first-order valence-electron chi connectivity index (χ1n) is 12.3. The zero-order valence-electron chi connectivity index (χ0n) is 20.2. The second-order valence-corrected chi connectivity index (χ2v) is 9.04. The fourth-order valence-corrected chi connectivity index (χ4v) is 4.66. The molecular formula is C30H31ClFNO3. The number of rotatable bonds is 7. The van der Waals surface area contributed by atoms with Crippen molar-refractivity contribution in [2.45, 2.75) is 25.7 Å². The Morgan fingerprint density at radius 3 is 2.31 bits per heavy atom. The molecule has 1 fully saturated rings. The number of aromatic hydroxyl groups is 1. The molecule has 0 saturated carbocycles. The number of fused-ring (bicyclic) bond motifs is 1. The number of halogens is 2. The van der Waals surface area contributed by atoms with Gasteiger partial charge in [-0.3, -0.25) is 4.90 Å². The SMILES string of the molecule is Cl.Oc1ccc2c(Oc3ccc(OCCN4CCCCCC4)cc3)c(-c3cccc(F)c3)ccc2c1. The summed E-state index contributed by atoms with van der Waals surface area (Å²) in [5.74, 6) is 1.95. The molecule has 0 radical (unpaired) electrons. The van der Waals surface area contributed by atoms with Gasteiger partial charge in [0, 0.05) is 17.5 Å². The number of hydrogen-bond donors (Lipinski definition) is 1. The monoisotopic (exact) mass is 507 g/mol. The van der Waals surface area contributed by atoms with Crippen molar-refractivity contribution in [3.05, 3.63) is 84.7 Å². The van der Waals surface area contributed by atoms with E-state index < -0.39 is 0 Å². The van der Waals surface area contributed by atoms with Crippen LogP contribution in [0.25, 0.3) is 21.9 Å². The van der Waals surface area contributed by atoms with Crippen LogP contribution < -0.4 is 9.47 Å². The lowest BCUT2D eigenvalue weighted by atomic mass is 9.99. The van der Waals surface area contributed by atoms with Crippen LogP contribution >= 0.6 is 12.4 Å². The van der Waals surface area contributed by atoms with Gasteiger partial charge in [-0.2, -0.15) is 0 Å². The summed E-state index contributed by atoms with van der Waals surface area (Å²) in [6.07, 6.45) is 5.21. The molecule has 1 saturated heterocycles. The van der Waals surface area contributed by atoms with Crippen LogP contribution in [-0.4, -0.2) is 36.2 Å². The van der Waals surface area contributed by atoms with Gasteiger partial charge in [0.15, 0.2) is 0 Å². The predicted molar refractivity (Wildman–Crippen MR) is 145 cm³/mol. The Hall–Kier alpha value is -3.28.